The Morgan fingerprint density at radius 3 is 2.85 bits per heavy atom. The van der Waals surface area contributed by atoms with Gasteiger partial charge in [-0.1, -0.05) is 23.7 Å². The molecule has 1 saturated heterocycles. The summed E-state index contributed by atoms with van der Waals surface area (Å²) in [6.45, 7) is 3.73. The second-order valence-electron chi connectivity index (χ2n) is 8.34. The summed E-state index contributed by atoms with van der Waals surface area (Å²) < 4.78 is 24.8. The van der Waals surface area contributed by atoms with E-state index in [-0.39, 0.29) is 13.2 Å². The highest BCUT2D eigenvalue weighted by Gasteiger charge is 2.33. The first-order valence-electron chi connectivity index (χ1n) is 11.2. The predicted molar refractivity (Wildman–Crippen MR) is 129 cm³/mol. The molecule has 0 aliphatic carbocycles. The summed E-state index contributed by atoms with van der Waals surface area (Å²) in [5.41, 5.74) is -0.0883. The number of aromatic nitrogens is 2. The number of ether oxygens (including phenoxy) is 4. The fourth-order valence-corrected chi connectivity index (χ4v) is 4.04. The molecule has 0 amide bonds. The van der Waals surface area contributed by atoms with Gasteiger partial charge in [-0.2, -0.15) is 5.10 Å². The lowest BCUT2D eigenvalue weighted by molar-refractivity contribution is -0.0646. The minimum atomic E-state index is -1.14. The average molecular weight is 488 g/mol. The van der Waals surface area contributed by atoms with E-state index < -0.39 is 5.60 Å². The van der Waals surface area contributed by atoms with Crippen LogP contribution in [0.5, 0.6) is 17.2 Å². The first-order valence-corrected chi connectivity index (χ1v) is 11.6. The third-order valence-electron chi connectivity index (χ3n) is 5.52. The Morgan fingerprint density at radius 1 is 1.15 bits per heavy atom. The number of nitrogens with zero attached hydrogens (tertiary/aromatic N) is 3. The van der Waals surface area contributed by atoms with Crippen LogP contribution in [0, 0.1) is 0 Å². The van der Waals surface area contributed by atoms with Crippen molar-refractivity contribution in [1.29, 1.82) is 0 Å². The van der Waals surface area contributed by atoms with Crippen molar-refractivity contribution in [3.63, 3.8) is 0 Å². The van der Waals surface area contributed by atoms with Crippen molar-refractivity contribution >= 4 is 11.6 Å². The molecule has 182 valence electrons. The second-order valence-corrected chi connectivity index (χ2v) is 8.77. The second kappa shape index (κ2) is 11.6. The molecule has 9 heteroatoms. The summed E-state index contributed by atoms with van der Waals surface area (Å²) in [6, 6.07) is 14.9. The summed E-state index contributed by atoms with van der Waals surface area (Å²) >= 11 is 6.03. The van der Waals surface area contributed by atoms with E-state index in [4.69, 9.17) is 30.5 Å². The van der Waals surface area contributed by atoms with Gasteiger partial charge in [-0.25, -0.2) is 0 Å². The van der Waals surface area contributed by atoms with Crippen LogP contribution in [0.1, 0.15) is 5.56 Å². The molecule has 4 rings (SSSR count). The summed E-state index contributed by atoms with van der Waals surface area (Å²) in [6.07, 6.45) is 3.64. The molecule has 1 aliphatic rings. The minimum absolute atomic E-state index is 0.107. The molecule has 0 bridgehead atoms. The topological polar surface area (TPSA) is 78.2 Å². The maximum absolute atomic E-state index is 11.2. The van der Waals surface area contributed by atoms with Gasteiger partial charge in [-0.3, -0.25) is 9.58 Å². The zero-order valence-corrected chi connectivity index (χ0v) is 20.0. The monoisotopic (exact) mass is 487 g/mol. The number of methoxy groups -OCH3 is 1. The van der Waals surface area contributed by atoms with Gasteiger partial charge >= 0.3 is 0 Å². The lowest BCUT2D eigenvalue weighted by Crippen LogP contribution is -2.48. The summed E-state index contributed by atoms with van der Waals surface area (Å²) in [7, 11) is 1.63. The quantitative estimate of drug-likeness (QED) is 0.470. The van der Waals surface area contributed by atoms with E-state index in [2.05, 4.69) is 10.00 Å². The predicted octanol–water partition coefficient (Wildman–Crippen LogP) is 3.27. The smallest absolute Gasteiger partial charge is 0.161 e. The normalized spacial score (nSPS) is 18.9. The number of aliphatic hydroxyl groups is 1. The molecular weight excluding hydrogens is 458 g/mol. The molecule has 3 aromatic rings. The van der Waals surface area contributed by atoms with Crippen molar-refractivity contribution < 1.29 is 24.1 Å². The van der Waals surface area contributed by atoms with E-state index in [1.807, 2.05) is 47.3 Å². The van der Waals surface area contributed by atoms with E-state index in [1.165, 1.54) is 0 Å². The van der Waals surface area contributed by atoms with Crippen LogP contribution in [0.15, 0.2) is 60.9 Å². The van der Waals surface area contributed by atoms with Crippen LogP contribution < -0.4 is 14.2 Å². The maximum Gasteiger partial charge on any atom is 0.161 e. The van der Waals surface area contributed by atoms with E-state index >= 15 is 0 Å². The van der Waals surface area contributed by atoms with Crippen molar-refractivity contribution in [3.05, 3.63) is 71.5 Å². The summed E-state index contributed by atoms with van der Waals surface area (Å²) in [5, 5.41) is 15.9. The van der Waals surface area contributed by atoms with Crippen molar-refractivity contribution in [2.75, 3.05) is 46.6 Å². The lowest BCUT2D eigenvalue weighted by atomic mass is 10.1. The van der Waals surface area contributed by atoms with Crippen LogP contribution in [-0.2, 0) is 17.8 Å². The SMILES string of the molecule is COc1cc(CN2CCOCC(O)(COc3cccc(Cl)c3)C2)ccc1OCCn1cccn1. The number of rotatable bonds is 10. The summed E-state index contributed by atoms with van der Waals surface area (Å²) in [5.74, 6) is 1.97. The molecule has 0 radical (unpaired) electrons. The number of β-amino-alcohol motifs (C(OH)–C–C–N with tert-alkyl or cyclic N) is 1. The summed E-state index contributed by atoms with van der Waals surface area (Å²) in [4.78, 5) is 2.15. The fraction of sp³-hybridized carbons (Fsp3) is 0.400. The van der Waals surface area contributed by atoms with Crippen LogP contribution >= 0.6 is 11.6 Å². The lowest BCUT2D eigenvalue weighted by Gasteiger charge is -2.30. The van der Waals surface area contributed by atoms with Gasteiger partial charge in [-0.15, -0.1) is 0 Å². The van der Waals surface area contributed by atoms with E-state index in [0.717, 1.165) is 5.56 Å². The Hall–Kier alpha value is -2.78. The largest absolute Gasteiger partial charge is 0.493 e. The van der Waals surface area contributed by atoms with Crippen molar-refractivity contribution in [3.8, 4) is 17.2 Å². The Balaban J connectivity index is 1.35. The Bertz CT molecular complexity index is 1050. The Morgan fingerprint density at radius 2 is 2.06 bits per heavy atom. The standard InChI is InChI=1S/C25H30ClN3O5/c1-31-24-14-20(6-7-23(24)33-13-11-29-9-3-8-27-29)16-28-10-12-32-18-25(30,17-28)19-34-22-5-2-4-21(26)15-22/h2-9,14-15,30H,10-13,16-19H2,1H3. The van der Waals surface area contributed by atoms with Gasteiger partial charge < -0.3 is 24.1 Å². The Labute approximate surface area is 204 Å². The van der Waals surface area contributed by atoms with Gasteiger partial charge in [-0.05, 0) is 42.0 Å². The molecule has 1 fully saturated rings. The Kier molecular flexibility index (Phi) is 8.29. The molecule has 2 heterocycles. The van der Waals surface area contributed by atoms with Gasteiger partial charge in [0.1, 0.15) is 24.6 Å². The molecular formula is C25H30ClN3O5. The molecule has 8 nitrogen and oxygen atoms in total. The van der Waals surface area contributed by atoms with E-state index in [1.54, 1.807) is 25.4 Å². The van der Waals surface area contributed by atoms with Crippen LogP contribution in [0.4, 0.5) is 0 Å². The van der Waals surface area contributed by atoms with Crippen LogP contribution in [0.3, 0.4) is 0 Å². The molecule has 2 aromatic carbocycles. The molecule has 1 atom stereocenters. The van der Waals surface area contributed by atoms with Crippen LogP contribution in [0.25, 0.3) is 0 Å². The van der Waals surface area contributed by atoms with Gasteiger partial charge in [0.25, 0.3) is 0 Å². The zero-order valence-electron chi connectivity index (χ0n) is 19.2. The van der Waals surface area contributed by atoms with E-state index in [0.29, 0.717) is 61.7 Å². The highest BCUT2D eigenvalue weighted by Crippen LogP contribution is 2.29. The highest BCUT2D eigenvalue weighted by atomic mass is 35.5. The number of hydrogen-bond donors (Lipinski definition) is 1. The van der Waals surface area contributed by atoms with E-state index in [9.17, 15) is 5.11 Å². The van der Waals surface area contributed by atoms with Gasteiger partial charge in [0, 0.05) is 37.1 Å². The molecule has 34 heavy (non-hydrogen) atoms. The van der Waals surface area contributed by atoms with Gasteiger partial charge in [0.15, 0.2) is 11.5 Å². The first-order chi connectivity index (χ1) is 16.5. The third kappa shape index (κ3) is 6.87. The van der Waals surface area contributed by atoms with Crippen LogP contribution in [-0.4, -0.2) is 72.0 Å². The molecule has 1 aliphatic heterocycles. The molecule has 1 N–H and O–H groups in total. The highest BCUT2D eigenvalue weighted by molar-refractivity contribution is 6.30. The van der Waals surface area contributed by atoms with Gasteiger partial charge in [0.05, 0.1) is 26.9 Å². The molecule has 1 aromatic heterocycles. The maximum atomic E-state index is 11.2. The number of hydrogen-bond acceptors (Lipinski definition) is 7. The first kappa shape index (κ1) is 24.3. The zero-order chi connectivity index (χ0) is 23.8. The molecule has 1 unspecified atom stereocenters. The van der Waals surface area contributed by atoms with Crippen molar-refractivity contribution in [2.45, 2.75) is 18.7 Å². The average Bonchev–Trinajstić information content (AvgIpc) is 3.28. The number of halogens is 1. The molecule has 0 saturated carbocycles. The van der Waals surface area contributed by atoms with Crippen LogP contribution in [0.2, 0.25) is 5.02 Å². The minimum Gasteiger partial charge on any atom is -0.493 e. The van der Waals surface area contributed by atoms with Gasteiger partial charge in [0.2, 0.25) is 0 Å². The van der Waals surface area contributed by atoms with Crippen molar-refractivity contribution in [1.82, 2.24) is 14.7 Å². The molecule has 0 spiro atoms. The number of benzene rings is 2. The third-order valence-corrected chi connectivity index (χ3v) is 5.75. The van der Waals surface area contributed by atoms with Crippen molar-refractivity contribution in [2.24, 2.45) is 0 Å². The fourth-order valence-electron chi connectivity index (χ4n) is 3.86.